The van der Waals surface area contributed by atoms with Crippen LogP contribution in [0.5, 0.6) is 0 Å². The van der Waals surface area contributed by atoms with Crippen LogP contribution < -0.4 is 10.6 Å². The number of benzene rings is 2. The minimum absolute atomic E-state index is 0.0154. The van der Waals surface area contributed by atoms with Gasteiger partial charge in [0.05, 0.1) is 12.5 Å². The number of hydrogen-bond acceptors (Lipinski definition) is 2. The van der Waals surface area contributed by atoms with E-state index in [1.54, 1.807) is 0 Å². The van der Waals surface area contributed by atoms with Crippen LogP contribution in [-0.4, -0.2) is 13.0 Å². The Morgan fingerprint density at radius 3 is 2.86 bits per heavy atom. The normalized spacial score (nSPS) is 14.7. The second-order valence-corrected chi connectivity index (χ2v) is 6.36. The van der Waals surface area contributed by atoms with Crippen LogP contribution in [0, 0.1) is 0 Å². The van der Waals surface area contributed by atoms with Gasteiger partial charge in [-0.1, -0.05) is 39.7 Å². The van der Waals surface area contributed by atoms with Gasteiger partial charge in [0, 0.05) is 15.2 Å². The van der Waals surface area contributed by atoms with E-state index in [0.717, 1.165) is 26.9 Å². The van der Waals surface area contributed by atoms with E-state index in [0.29, 0.717) is 11.4 Å². The summed E-state index contributed by atoms with van der Waals surface area (Å²) in [7, 11) is 1.90. The van der Waals surface area contributed by atoms with Crippen LogP contribution in [0.15, 0.2) is 40.9 Å². The number of carbonyl (C=O) groups excluding carboxylic acids is 1. The molecule has 5 heteroatoms. The predicted molar refractivity (Wildman–Crippen MR) is 88.8 cm³/mol. The summed E-state index contributed by atoms with van der Waals surface area (Å²) >= 11 is 9.91. The van der Waals surface area contributed by atoms with E-state index in [9.17, 15) is 4.79 Å². The molecule has 1 aliphatic heterocycles. The largest absolute Gasteiger partial charge is 0.325 e. The predicted octanol–water partition coefficient (Wildman–Crippen LogP) is 3.91. The Balaban J connectivity index is 2.06. The van der Waals surface area contributed by atoms with Crippen molar-refractivity contribution in [3.05, 3.63) is 62.6 Å². The second-order valence-electron chi connectivity index (χ2n) is 5.03. The van der Waals surface area contributed by atoms with Gasteiger partial charge in [-0.25, -0.2) is 0 Å². The van der Waals surface area contributed by atoms with Crippen molar-refractivity contribution in [2.75, 3.05) is 12.4 Å². The van der Waals surface area contributed by atoms with Gasteiger partial charge in [0.15, 0.2) is 0 Å². The quantitative estimate of drug-likeness (QED) is 0.866. The molecule has 1 amide bonds. The van der Waals surface area contributed by atoms with Gasteiger partial charge in [0.2, 0.25) is 5.91 Å². The molecule has 0 saturated heterocycles. The summed E-state index contributed by atoms with van der Waals surface area (Å²) in [6.45, 7) is 0. The van der Waals surface area contributed by atoms with E-state index >= 15 is 0 Å². The van der Waals surface area contributed by atoms with E-state index in [-0.39, 0.29) is 11.9 Å². The molecule has 1 aliphatic rings. The van der Waals surface area contributed by atoms with Crippen molar-refractivity contribution in [3.8, 4) is 0 Å². The average molecular weight is 366 g/mol. The maximum absolute atomic E-state index is 11.5. The van der Waals surface area contributed by atoms with Gasteiger partial charge in [-0.15, -0.1) is 0 Å². The Kier molecular flexibility index (Phi) is 4.02. The molecule has 0 spiro atoms. The molecule has 1 atom stereocenters. The highest BCUT2D eigenvalue weighted by Crippen LogP contribution is 2.35. The molecule has 2 N–H and O–H groups in total. The summed E-state index contributed by atoms with van der Waals surface area (Å²) in [5, 5.41) is 6.76. The first-order valence-electron chi connectivity index (χ1n) is 6.63. The maximum atomic E-state index is 11.5. The minimum atomic E-state index is -0.0176. The second kappa shape index (κ2) is 5.79. The van der Waals surface area contributed by atoms with Crippen molar-refractivity contribution in [1.29, 1.82) is 0 Å². The number of anilines is 1. The van der Waals surface area contributed by atoms with E-state index < -0.39 is 0 Å². The zero-order valence-electron chi connectivity index (χ0n) is 11.4. The van der Waals surface area contributed by atoms with E-state index in [2.05, 4.69) is 38.7 Å². The van der Waals surface area contributed by atoms with E-state index in [4.69, 9.17) is 11.6 Å². The van der Waals surface area contributed by atoms with Crippen LogP contribution in [0.4, 0.5) is 5.69 Å². The number of hydrogen-bond donors (Lipinski definition) is 2. The molecular formula is C16H14BrClN2O. The lowest BCUT2D eigenvalue weighted by atomic mass is 9.96. The SMILES string of the molecule is CNC(c1cccc(Br)c1)c1cc2c(cc1Cl)NC(=O)C2. The van der Waals surface area contributed by atoms with Crippen LogP contribution in [0.1, 0.15) is 22.7 Å². The summed E-state index contributed by atoms with van der Waals surface area (Å²) in [6.07, 6.45) is 0.411. The molecule has 0 saturated carbocycles. The highest BCUT2D eigenvalue weighted by molar-refractivity contribution is 9.10. The summed E-state index contributed by atoms with van der Waals surface area (Å²) in [6, 6.07) is 11.9. The molecule has 1 heterocycles. The highest BCUT2D eigenvalue weighted by atomic mass is 79.9. The van der Waals surface area contributed by atoms with Crippen molar-refractivity contribution in [3.63, 3.8) is 0 Å². The zero-order chi connectivity index (χ0) is 15.0. The summed E-state index contributed by atoms with van der Waals surface area (Å²) in [5.41, 5.74) is 3.91. The fourth-order valence-corrected chi connectivity index (χ4v) is 3.37. The first-order chi connectivity index (χ1) is 10.1. The average Bonchev–Trinajstić information content (AvgIpc) is 2.79. The number of fused-ring (bicyclic) bond motifs is 1. The molecule has 0 bridgehead atoms. The number of halogens is 2. The van der Waals surface area contributed by atoms with Gasteiger partial charge < -0.3 is 10.6 Å². The third-order valence-corrected chi connectivity index (χ3v) is 4.45. The summed E-state index contributed by atoms with van der Waals surface area (Å²) in [5.74, 6) is 0.0154. The molecule has 108 valence electrons. The molecular weight excluding hydrogens is 352 g/mol. The molecule has 21 heavy (non-hydrogen) atoms. The Morgan fingerprint density at radius 2 is 2.14 bits per heavy atom. The Labute approximate surface area is 136 Å². The fourth-order valence-electron chi connectivity index (χ4n) is 2.68. The number of nitrogens with one attached hydrogen (secondary N) is 2. The van der Waals surface area contributed by atoms with Crippen LogP contribution in [0.2, 0.25) is 5.02 Å². The molecule has 2 aromatic carbocycles. The Hall–Kier alpha value is -1.36. The van der Waals surface area contributed by atoms with Crippen LogP contribution in [-0.2, 0) is 11.2 Å². The maximum Gasteiger partial charge on any atom is 0.228 e. The molecule has 3 rings (SSSR count). The van der Waals surface area contributed by atoms with Gasteiger partial charge in [-0.3, -0.25) is 4.79 Å². The van der Waals surface area contributed by atoms with Gasteiger partial charge >= 0.3 is 0 Å². The van der Waals surface area contributed by atoms with Crippen LogP contribution in [0.25, 0.3) is 0 Å². The molecule has 0 aromatic heterocycles. The topological polar surface area (TPSA) is 41.1 Å². The first-order valence-corrected chi connectivity index (χ1v) is 7.80. The van der Waals surface area contributed by atoms with Crippen molar-refractivity contribution in [2.45, 2.75) is 12.5 Å². The lowest BCUT2D eigenvalue weighted by Gasteiger charge is -2.20. The number of carbonyl (C=O) groups is 1. The molecule has 0 fully saturated rings. The van der Waals surface area contributed by atoms with Crippen molar-refractivity contribution < 1.29 is 4.79 Å². The molecule has 0 aliphatic carbocycles. The van der Waals surface area contributed by atoms with Crippen molar-refractivity contribution >= 4 is 39.1 Å². The van der Waals surface area contributed by atoms with E-state index in [1.165, 1.54) is 0 Å². The van der Waals surface area contributed by atoms with Crippen molar-refractivity contribution in [2.24, 2.45) is 0 Å². The first kappa shape index (κ1) is 14.6. The lowest BCUT2D eigenvalue weighted by molar-refractivity contribution is -0.115. The number of amides is 1. The Morgan fingerprint density at radius 1 is 1.33 bits per heavy atom. The fraction of sp³-hybridized carbons (Fsp3) is 0.188. The molecule has 0 radical (unpaired) electrons. The smallest absolute Gasteiger partial charge is 0.228 e. The highest BCUT2D eigenvalue weighted by Gasteiger charge is 2.23. The van der Waals surface area contributed by atoms with Gasteiger partial charge in [-0.05, 0) is 48.0 Å². The molecule has 2 aromatic rings. The summed E-state index contributed by atoms with van der Waals surface area (Å²) in [4.78, 5) is 11.5. The number of rotatable bonds is 3. The molecule has 1 unspecified atom stereocenters. The van der Waals surface area contributed by atoms with Gasteiger partial charge in [0.25, 0.3) is 0 Å². The summed E-state index contributed by atoms with van der Waals surface area (Å²) < 4.78 is 1.02. The third kappa shape index (κ3) is 2.84. The van der Waals surface area contributed by atoms with Gasteiger partial charge in [0.1, 0.15) is 0 Å². The lowest BCUT2D eigenvalue weighted by Crippen LogP contribution is -2.18. The van der Waals surface area contributed by atoms with Crippen molar-refractivity contribution in [1.82, 2.24) is 5.32 Å². The monoisotopic (exact) mass is 364 g/mol. The van der Waals surface area contributed by atoms with Crippen LogP contribution in [0.3, 0.4) is 0 Å². The van der Waals surface area contributed by atoms with Gasteiger partial charge in [-0.2, -0.15) is 0 Å². The minimum Gasteiger partial charge on any atom is -0.325 e. The third-order valence-electron chi connectivity index (χ3n) is 3.63. The Bertz CT molecular complexity index is 717. The van der Waals surface area contributed by atoms with Crippen LogP contribution >= 0.6 is 27.5 Å². The zero-order valence-corrected chi connectivity index (χ0v) is 13.8. The molecule has 3 nitrogen and oxygen atoms in total. The standard InChI is InChI=1S/C16H14BrClN2O/c1-19-16(9-3-2-4-11(17)5-9)12-6-10-7-15(21)20-14(10)8-13(12)18/h2-6,8,16,19H,7H2,1H3,(H,20,21). The van der Waals surface area contributed by atoms with E-state index in [1.807, 2.05) is 31.3 Å².